The Hall–Kier alpha value is -0.940. The fourth-order valence-electron chi connectivity index (χ4n) is 6.51. The van der Waals surface area contributed by atoms with Gasteiger partial charge in [-0.05, 0) is 99.4 Å². The number of hydrogen-bond donors (Lipinski definition) is 4. The number of nitrogens with one attached hydrogen (secondary N) is 2. The lowest BCUT2D eigenvalue weighted by molar-refractivity contribution is 0.0770. The predicted octanol–water partition coefficient (Wildman–Crippen LogP) is 2.83. The average Bonchev–Trinajstić information content (AvgIpc) is 3.52. The molecule has 2 saturated heterocycles. The fraction of sp³-hybridized carbons (Fsp3) is 0.750. The highest BCUT2D eigenvalue weighted by Gasteiger charge is 2.38. The highest BCUT2D eigenvalue weighted by atomic mass is 16.3. The van der Waals surface area contributed by atoms with E-state index in [1.165, 1.54) is 36.0 Å². The molecule has 3 fully saturated rings. The smallest absolute Gasteiger partial charge is 0.0761 e. The van der Waals surface area contributed by atoms with Gasteiger partial charge in [-0.2, -0.15) is 0 Å². The van der Waals surface area contributed by atoms with Crippen LogP contribution >= 0.6 is 0 Å². The molecule has 5 rings (SSSR count). The summed E-state index contributed by atoms with van der Waals surface area (Å²) < 4.78 is 0. The minimum Gasteiger partial charge on any atom is -0.391 e. The van der Waals surface area contributed by atoms with Crippen LogP contribution in [-0.4, -0.2) is 47.6 Å². The van der Waals surface area contributed by atoms with Crippen molar-refractivity contribution in [3.05, 3.63) is 34.9 Å². The lowest BCUT2D eigenvalue weighted by Crippen LogP contribution is -2.39. The Bertz CT molecular complexity index is 681. The van der Waals surface area contributed by atoms with Gasteiger partial charge < -0.3 is 20.8 Å². The molecule has 4 aliphatic rings. The Balaban J connectivity index is 1.29. The first-order valence-corrected chi connectivity index (χ1v) is 11.7. The number of benzene rings is 1. The van der Waals surface area contributed by atoms with E-state index in [9.17, 15) is 10.2 Å². The zero-order valence-electron chi connectivity index (χ0n) is 16.9. The normalized spacial score (nSPS) is 37.3. The van der Waals surface area contributed by atoms with Gasteiger partial charge in [0.05, 0.1) is 12.2 Å². The zero-order valence-corrected chi connectivity index (χ0v) is 16.9. The first-order chi connectivity index (χ1) is 13.7. The summed E-state index contributed by atoms with van der Waals surface area (Å²) in [7, 11) is 0. The predicted molar refractivity (Wildman–Crippen MR) is 112 cm³/mol. The van der Waals surface area contributed by atoms with Crippen molar-refractivity contribution in [2.24, 2.45) is 5.92 Å². The van der Waals surface area contributed by atoms with Gasteiger partial charge in [0.1, 0.15) is 0 Å². The van der Waals surface area contributed by atoms with Crippen LogP contribution in [-0.2, 0) is 6.42 Å². The molecule has 154 valence electrons. The molecule has 1 aromatic rings. The van der Waals surface area contributed by atoms with Crippen molar-refractivity contribution >= 4 is 0 Å². The van der Waals surface area contributed by atoms with Crippen molar-refractivity contribution in [1.82, 2.24) is 10.6 Å². The molecule has 2 aliphatic heterocycles. The molecule has 1 saturated carbocycles. The van der Waals surface area contributed by atoms with Crippen LogP contribution in [0.4, 0.5) is 0 Å². The largest absolute Gasteiger partial charge is 0.391 e. The lowest BCUT2D eigenvalue weighted by atomic mass is 9.86. The molecule has 4 nitrogen and oxygen atoms in total. The number of fused-ring (bicyclic) bond motifs is 1. The van der Waals surface area contributed by atoms with Crippen LogP contribution in [0.3, 0.4) is 0 Å². The third-order valence-corrected chi connectivity index (χ3v) is 8.16. The van der Waals surface area contributed by atoms with E-state index in [4.69, 9.17) is 0 Å². The van der Waals surface area contributed by atoms with E-state index in [2.05, 4.69) is 28.8 Å². The summed E-state index contributed by atoms with van der Waals surface area (Å²) in [5.41, 5.74) is 4.28. The molecule has 2 aliphatic carbocycles. The quantitative estimate of drug-likeness (QED) is 0.630. The Morgan fingerprint density at radius 1 is 0.857 bits per heavy atom. The molecule has 7 atom stereocenters. The van der Waals surface area contributed by atoms with E-state index in [1.807, 2.05) is 0 Å². The summed E-state index contributed by atoms with van der Waals surface area (Å²) in [6.45, 7) is 2.10. The van der Waals surface area contributed by atoms with Gasteiger partial charge in [0.2, 0.25) is 0 Å². The number of aryl methyl sites for hydroxylation is 1. The standard InChI is InChI=1S/C24H36N2O2/c27-23(21-3-1-11-25-21)18-8-7-16(13-18)17-6-5-15-9-10-19(20(15)14-17)24(28)22-4-2-12-26-22/h5-6,14,16,18-19,21-28H,1-4,7-13H2/t16?,18?,19?,21-,22-,23+,24+/m0/s1. The molecule has 4 N–H and O–H groups in total. The third kappa shape index (κ3) is 3.54. The SMILES string of the molecule is O[C@H](C1CCC(c2ccc3c(c2)C([C@@H](O)[C@@H]2CCCN2)CC3)C1)[C@@H]1CCCN1. The zero-order chi connectivity index (χ0) is 19.1. The van der Waals surface area contributed by atoms with Crippen LogP contribution in [0, 0.1) is 5.92 Å². The molecule has 0 bridgehead atoms. The maximum absolute atomic E-state index is 11.0. The summed E-state index contributed by atoms with van der Waals surface area (Å²) in [6.07, 6.45) is 9.77. The topological polar surface area (TPSA) is 64.5 Å². The van der Waals surface area contributed by atoms with E-state index in [0.29, 0.717) is 17.9 Å². The van der Waals surface area contributed by atoms with Crippen molar-refractivity contribution in [3.8, 4) is 0 Å². The summed E-state index contributed by atoms with van der Waals surface area (Å²) in [5, 5.41) is 28.8. The van der Waals surface area contributed by atoms with E-state index >= 15 is 0 Å². The second-order valence-corrected chi connectivity index (χ2v) is 9.76. The van der Waals surface area contributed by atoms with Crippen LogP contribution < -0.4 is 10.6 Å². The van der Waals surface area contributed by atoms with Crippen molar-refractivity contribution in [3.63, 3.8) is 0 Å². The summed E-state index contributed by atoms with van der Waals surface area (Å²) in [6, 6.07) is 7.64. The molecule has 0 radical (unpaired) electrons. The van der Waals surface area contributed by atoms with Gasteiger partial charge >= 0.3 is 0 Å². The first-order valence-electron chi connectivity index (χ1n) is 11.7. The van der Waals surface area contributed by atoms with E-state index in [1.54, 1.807) is 0 Å². The molecule has 2 heterocycles. The molecular weight excluding hydrogens is 348 g/mol. The minimum absolute atomic E-state index is 0.190. The fourth-order valence-corrected chi connectivity index (χ4v) is 6.51. The number of rotatable bonds is 5. The van der Waals surface area contributed by atoms with E-state index in [-0.39, 0.29) is 24.2 Å². The van der Waals surface area contributed by atoms with Crippen molar-refractivity contribution in [2.75, 3.05) is 13.1 Å². The van der Waals surface area contributed by atoms with Crippen LogP contribution in [0.5, 0.6) is 0 Å². The number of aliphatic hydroxyl groups is 2. The lowest BCUT2D eigenvalue weighted by Gasteiger charge is -2.26. The molecular formula is C24H36N2O2. The Morgan fingerprint density at radius 2 is 1.61 bits per heavy atom. The molecule has 0 aromatic heterocycles. The van der Waals surface area contributed by atoms with Gasteiger partial charge in [0.25, 0.3) is 0 Å². The van der Waals surface area contributed by atoms with Crippen LogP contribution in [0.2, 0.25) is 0 Å². The number of hydrogen-bond acceptors (Lipinski definition) is 4. The highest BCUT2D eigenvalue weighted by molar-refractivity contribution is 5.41. The molecule has 4 heteroatoms. The van der Waals surface area contributed by atoms with Gasteiger partial charge in [-0.25, -0.2) is 0 Å². The Morgan fingerprint density at radius 3 is 2.32 bits per heavy atom. The van der Waals surface area contributed by atoms with Gasteiger partial charge in [0.15, 0.2) is 0 Å². The highest BCUT2D eigenvalue weighted by Crippen LogP contribution is 2.44. The van der Waals surface area contributed by atoms with Crippen LogP contribution in [0.1, 0.15) is 79.9 Å². The number of aliphatic hydroxyl groups excluding tert-OH is 2. The van der Waals surface area contributed by atoms with Gasteiger partial charge in [-0.3, -0.25) is 0 Å². The molecule has 3 unspecified atom stereocenters. The monoisotopic (exact) mass is 384 g/mol. The minimum atomic E-state index is -0.259. The van der Waals surface area contributed by atoms with E-state index < -0.39 is 0 Å². The van der Waals surface area contributed by atoms with Crippen LogP contribution in [0.25, 0.3) is 0 Å². The van der Waals surface area contributed by atoms with Gasteiger partial charge in [-0.1, -0.05) is 18.2 Å². The first kappa shape index (κ1) is 19.0. The van der Waals surface area contributed by atoms with Gasteiger partial charge in [0, 0.05) is 18.0 Å². The van der Waals surface area contributed by atoms with Crippen molar-refractivity contribution < 1.29 is 10.2 Å². The maximum Gasteiger partial charge on any atom is 0.0761 e. The van der Waals surface area contributed by atoms with Crippen molar-refractivity contribution in [2.45, 2.75) is 93.9 Å². The third-order valence-electron chi connectivity index (χ3n) is 8.16. The Kier molecular flexibility index (Phi) is 5.48. The van der Waals surface area contributed by atoms with Crippen LogP contribution in [0.15, 0.2) is 18.2 Å². The average molecular weight is 385 g/mol. The summed E-state index contributed by atoms with van der Waals surface area (Å²) >= 11 is 0. The maximum atomic E-state index is 11.0. The van der Waals surface area contributed by atoms with Gasteiger partial charge in [-0.15, -0.1) is 0 Å². The molecule has 28 heavy (non-hydrogen) atoms. The van der Waals surface area contributed by atoms with E-state index in [0.717, 1.165) is 51.6 Å². The van der Waals surface area contributed by atoms with Crippen molar-refractivity contribution in [1.29, 1.82) is 0 Å². The summed E-state index contributed by atoms with van der Waals surface area (Å²) in [4.78, 5) is 0. The summed E-state index contributed by atoms with van der Waals surface area (Å²) in [5.74, 6) is 1.28. The second-order valence-electron chi connectivity index (χ2n) is 9.76. The molecule has 0 spiro atoms. The second kappa shape index (κ2) is 8.06. The Labute approximate surface area is 169 Å². The molecule has 0 amide bonds. The molecule has 1 aromatic carbocycles.